The number of imide groups is 1. The third-order valence-corrected chi connectivity index (χ3v) is 6.51. The van der Waals surface area contributed by atoms with Crippen molar-refractivity contribution in [3.63, 3.8) is 0 Å². The molecular weight excluding hydrogens is 434 g/mol. The molecule has 0 saturated carbocycles. The zero-order valence-electron chi connectivity index (χ0n) is 17.7. The lowest BCUT2D eigenvalue weighted by atomic mass is 10.1. The Bertz CT molecular complexity index is 1130. The summed E-state index contributed by atoms with van der Waals surface area (Å²) in [4.78, 5) is 23.8. The molecule has 1 aromatic heterocycles. The second kappa shape index (κ2) is 9.53. The highest BCUT2D eigenvalue weighted by Crippen LogP contribution is 2.35. The van der Waals surface area contributed by atoms with E-state index >= 15 is 0 Å². The smallest absolute Gasteiger partial charge is 0.318 e. The molecule has 0 bridgehead atoms. The maximum absolute atomic E-state index is 12.6. The lowest BCUT2D eigenvalue weighted by Crippen LogP contribution is -2.42. The Morgan fingerprint density at radius 1 is 1.13 bits per heavy atom. The van der Waals surface area contributed by atoms with Gasteiger partial charge in [-0.05, 0) is 49.1 Å². The molecule has 3 N–H and O–H groups in total. The first kappa shape index (κ1) is 22.8. The topological polar surface area (TPSA) is 103 Å². The Morgan fingerprint density at radius 3 is 2.48 bits per heavy atom. The molecule has 0 aliphatic carbocycles. The number of aromatic nitrogens is 3. The highest BCUT2D eigenvalue weighted by molar-refractivity contribution is 8.00. The summed E-state index contributed by atoms with van der Waals surface area (Å²) in [5.74, 6) is 0.0128. The van der Waals surface area contributed by atoms with Gasteiger partial charge in [0.25, 0.3) is 0 Å². The summed E-state index contributed by atoms with van der Waals surface area (Å²) in [6, 6.07) is 12.6. The van der Waals surface area contributed by atoms with Gasteiger partial charge in [-0.2, -0.15) is 0 Å². The molecular formula is C22H24ClN5O2S. The molecule has 9 heteroatoms. The maximum Gasteiger partial charge on any atom is 0.318 e. The Labute approximate surface area is 190 Å². The summed E-state index contributed by atoms with van der Waals surface area (Å²) in [5.41, 5.74) is 8.86. The summed E-state index contributed by atoms with van der Waals surface area (Å²) in [6.07, 6.45) is 0. The zero-order valence-corrected chi connectivity index (χ0v) is 19.3. The molecule has 0 radical (unpaired) electrons. The lowest BCUT2D eigenvalue weighted by Gasteiger charge is -2.20. The number of nitrogens with zero attached hydrogens (tertiary/aromatic N) is 3. The number of hydrogen-bond acceptors (Lipinski definition) is 5. The molecule has 3 aromatic rings. The fraction of sp³-hybridized carbons (Fsp3) is 0.273. The molecule has 31 heavy (non-hydrogen) atoms. The molecule has 0 aliphatic heterocycles. The highest BCUT2D eigenvalue weighted by atomic mass is 35.5. The van der Waals surface area contributed by atoms with Gasteiger partial charge in [-0.1, -0.05) is 61.5 Å². The van der Waals surface area contributed by atoms with E-state index in [0.29, 0.717) is 16.0 Å². The normalized spacial score (nSPS) is 12.1. The second-order valence-corrected chi connectivity index (χ2v) is 9.06. The van der Waals surface area contributed by atoms with E-state index in [9.17, 15) is 9.59 Å². The van der Waals surface area contributed by atoms with Gasteiger partial charge in [-0.15, -0.1) is 10.2 Å². The number of hydrogen-bond donors (Lipinski definition) is 2. The van der Waals surface area contributed by atoms with Gasteiger partial charge in [0.2, 0.25) is 5.91 Å². The van der Waals surface area contributed by atoms with Crippen LogP contribution in [0.4, 0.5) is 4.79 Å². The van der Waals surface area contributed by atoms with Gasteiger partial charge in [0.05, 0.1) is 16.0 Å². The SMILES string of the molecule is Cc1ccc(C)c(-n2c(S[C@H](C(=O)NC(N)=O)C(C)C)nnc2-c2ccccc2Cl)c1. The van der Waals surface area contributed by atoms with Crippen molar-refractivity contribution in [2.24, 2.45) is 11.7 Å². The minimum Gasteiger partial charge on any atom is -0.351 e. The third-order valence-electron chi connectivity index (χ3n) is 4.70. The number of urea groups is 1. The maximum atomic E-state index is 12.6. The van der Waals surface area contributed by atoms with Crippen molar-refractivity contribution in [2.75, 3.05) is 0 Å². The van der Waals surface area contributed by atoms with Crippen LogP contribution in [-0.4, -0.2) is 32.0 Å². The predicted octanol–water partition coefficient (Wildman–Crippen LogP) is 4.52. The van der Waals surface area contributed by atoms with E-state index in [1.54, 1.807) is 6.07 Å². The first-order valence-electron chi connectivity index (χ1n) is 9.74. The molecule has 1 heterocycles. The standard InChI is InChI=1S/C22H24ClN5O2S/c1-12(2)18(20(29)25-21(24)30)31-22-27-26-19(15-7-5-6-8-16(15)23)28(22)17-11-13(3)9-10-14(17)4/h5-12,18H,1-4H3,(H3,24,25,29,30)/t18-/m0/s1. The van der Waals surface area contributed by atoms with Crippen LogP contribution >= 0.6 is 23.4 Å². The Morgan fingerprint density at radius 2 is 1.84 bits per heavy atom. The van der Waals surface area contributed by atoms with E-state index in [4.69, 9.17) is 17.3 Å². The van der Waals surface area contributed by atoms with Crippen LogP contribution in [0, 0.1) is 19.8 Å². The summed E-state index contributed by atoms with van der Waals surface area (Å²) >= 11 is 7.69. The molecule has 162 valence electrons. The predicted molar refractivity (Wildman–Crippen MR) is 123 cm³/mol. The van der Waals surface area contributed by atoms with Crippen LogP contribution in [0.5, 0.6) is 0 Å². The van der Waals surface area contributed by atoms with Crippen LogP contribution in [-0.2, 0) is 4.79 Å². The van der Waals surface area contributed by atoms with E-state index < -0.39 is 17.2 Å². The van der Waals surface area contributed by atoms with Crippen LogP contribution in [0.25, 0.3) is 17.1 Å². The van der Waals surface area contributed by atoms with Crippen molar-refractivity contribution in [1.29, 1.82) is 0 Å². The van der Waals surface area contributed by atoms with Gasteiger partial charge < -0.3 is 5.73 Å². The quantitative estimate of drug-likeness (QED) is 0.530. The molecule has 7 nitrogen and oxygen atoms in total. The fourth-order valence-corrected chi connectivity index (χ4v) is 4.40. The van der Waals surface area contributed by atoms with Gasteiger partial charge in [0, 0.05) is 5.56 Å². The lowest BCUT2D eigenvalue weighted by molar-refractivity contribution is -0.120. The minimum atomic E-state index is -0.885. The first-order valence-corrected chi connectivity index (χ1v) is 11.0. The first-order chi connectivity index (χ1) is 14.7. The van der Waals surface area contributed by atoms with E-state index in [-0.39, 0.29) is 5.92 Å². The van der Waals surface area contributed by atoms with E-state index in [1.807, 2.05) is 68.7 Å². The molecule has 2 aromatic carbocycles. The van der Waals surface area contributed by atoms with Gasteiger partial charge in [0.1, 0.15) is 0 Å². The minimum absolute atomic E-state index is 0.0862. The molecule has 1 atom stereocenters. The van der Waals surface area contributed by atoms with E-state index in [0.717, 1.165) is 22.4 Å². The molecule has 0 fully saturated rings. The number of thioether (sulfide) groups is 1. The van der Waals surface area contributed by atoms with Crippen molar-refractivity contribution in [3.8, 4) is 17.1 Å². The van der Waals surface area contributed by atoms with E-state index in [2.05, 4.69) is 15.5 Å². The van der Waals surface area contributed by atoms with Crippen LogP contribution < -0.4 is 11.1 Å². The zero-order chi connectivity index (χ0) is 22.7. The summed E-state index contributed by atoms with van der Waals surface area (Å²) in [7, 11) is 0. The number of rotatable bonds is 6. The van der Waals surface area contributed by atoms with Crippen molar-refractivity contribution in [1.82, 2.24) is 20.1 Å². The Kier molecular flexibility index (Phi) is 7.02. The number of carbonyl (C=O) groups is 2. The van der Waals surface area contributed by atoms with Crippen molar-refractivity contribution in [2.45, 2.75) is 38.1 Å². The number of carbonyl (C=O) groups excluding carboxylic acids is 2. The van der Waals surface area contributed by atoms with Crippen molar-refractivity contribution < 1.29 is 9.59 Å². The van der Waals surface area contributed by atoms with E-state index in [1.165, 1.54) is 11.8 Å². The van der Waals surface area contributed by atoms with Gasteiger partial charge in [0.15, 0.2) is 11.0 Å². The largest absolute Gasteiger partial charge is 0.351 e. The highest BCUT2D eigenvalue weighted by Gasteiger charge is 2.29. The van der Waals surface area contributed by atoms with Crippen LogP contribution in [0.1, 0.15) is 25.0 Å². The number of nitrogens with one attached hydrogen (secondary N) is 1. The Hall–Kier alpha value is -2.84. The average Bonchev–Trinajstić information content (AvgIpc) is 3.10. The number of aryl methyl sites for hydroxylation is 2. The number of primary amides is 1. The van der Waals surface area contributed by atoms with Gasteiger partial charge >= 0.3 is 6.03 Å². The van der Waals surface area contributed by atoms with Crippen LogP contribution in [0.2, 0.25) is 5.02 Å². The van der Waals surface area contributed by atoms with Gasteiger partial charge in [-0.25, -0.2) is 4.79 Å². The average molecular weight is 458 g/mol. The molecule has 0 spiro atoms. The molecule has 0 unspecified atom stereocenters. The number of nitrogens with two attached hydrogens (primary N) is 1. The fourth-order valence-electron chi connectivity index (χ4n) is 3.14. The summed E-state index contributed by atoms with van der Waals surface area (Å²) < 4.78 is 1.90. The summed E-state index contributed by atoms with van der Waals surface area (Å²) in [5, 5.41) is 11.4. The molecule has 0 saturated heterocycles. The summed E-state index contributed by atoms with van der Waals surface area (Å²) in [6.45, 7) is 7.80. The number of amides is 3. The monoisotopic (exact) mass is 457 g/mol. The Balaban J connectivity index is 2.17. The van der Waals surface area contributed by atoms with Crippen molar-refractivity contribution >= 4 is 35.3 Å². The third kappa shape index (κ3) is 5.08. The number of halogens is 1. The molecule has 0 aliphatic rings. The molecule has 3 amide bonds. The number of benzene rings is 2. The van der Waals surface area contributed by atoms with Crippen molar-refractivity contribution in [3.05, 3.63) is 58.6 Å². The van der Waals surface area contributed by atoms with Crippen LogP contribution in [0.15, 0.2) is 47.6 Å². The van der Waals surface area contributed by atoms with Crippen LogP contribution in [0.3, 0.4) is 0 Å². The molecule has 3 rings (SSSR count). The van der Waals surface area contributed by atoms with Gasteiger partial charge in [-0.3, -0.25) is 14.7 Å². The second-order valence-electron chi connectivity index (χ2n) is 7.55.